The maximum atomic E-state index is 11.9. The van der Waals surface area contributed by atoms with Crippen LogP contribution in [-0.2, 0) is 4.79 Å². The number of hydrogen-bond donors (Lipinski definition) is 3. The molecule has 3 unspecified atom stereocenters. The number of aliphatic hydroxyl groups excluding tert-OH is 1. The number of aliphatic hydroxyl groups is 1. The topological polar surface area (TPSA) is 75.4 Å². The fourth-order valence-corrected chi connectivity index (χ4v) is 2.65. The molecule has 4 N–H and O–H groups in total. The van der Waals surface area contributed by atoms with E-state index in [9.17, 15) is 9.90 Å². The minimum atomic E-state index is -0.346. The summed E-state index contributed by atoms with van der Waals surface area (Å²) in [5.74, 6) is 0.941. The van der Waals surface area contributed by atoms with Gasteiger partial charge in [-0.3, -0.25) is 4.79 Å². The Kier molecular flexibility index (Phi) is 3.82. The van der Waals surface area contributed by atoms with Crippen LogP contribution >= 0.6 is 0 Å². The maximum Gasteiger partial charge on any atom is 0.223 e. The minimum Gasteiger partial charge on any atom is -0.391 e. The molecule has 2 aliphatic carbocycles. The summed E-state index contributed by atoms with van der Waals surface area (Å²) in [6.45, 7) is 1.01. The van der Waals surface area contributed by atoms with Gasteiger partial charge in [-0.1, -0.05) is 6.42 Å². The van der Waals surface area contributed by atoms with E-state index in [1.165, 1.54) is 0 Å². The van der Waals surface area contributed by atoms with E-state index in [0.29, 0.717) is 24.9 Å². The Labute approximate surface area is 96.6 Å². The highest BCUT2D eigenvalue weighted by atomic mass is 16.3. The van der Waals surface area contributed by atoms with Crippen LogP contribution in [0.3, 0.4) is 0 Å². The van der Waals surface area contributed by atoms with Gasteiger partial charge in [0, 0.05) is 12.5 Å². The third-order valence-electron chi connectivity index (χ3n) is 3.95. The van der Waals surface area contributed by atoms with Crippen molar-refractivity contribution in [1.29, 1.82) is 0 Å². The summed E-state index contributed by atoms with van der Waals surface area (Å²) in [4.78, 5) is 11.9. The molecule has 2 fully saturated rings. The van der Waals surface area contributed by atoms with Gasteiger partial charge >= 0.3 is 0 Å². The van der Waals surface area contributed by atoms with Gasteiger partial charge in [-0.25, -0.2) is 0 Å². The van der Waals surface area contributed by atoms with Crippen LogP contribution in [0.15, 0.2) is 0 Å². The van der Waals surface area contributed by atoms with E-state index in [1.54, 1.807) is 0 Å². The molecule has 0 saturated heterocycles. The summed E-state index contributed by atoms with van der Waals surface area (Å²) in [5, 5.41) is 12.5. The summed E-state index contributed by atoms with van der Waals surface area (Å²) in [6.07, 6.45) is 4.98. The first-order chi connectivity index (χ1) is 7.72. The van der Waals surface area contributed by atoms with Crippen LogP contribution in [0.2, 0.25) is 0 Å². The quantitative estimate of drug-likeness (QED) is 0.629. The summed E-state index contributed by atoms with van der Waals surface area (Å²) in [6, 6.07) is 0. The Morgan fingerprint density at radius 1 is 1.38 bits per heavy atom. The van der Waals surface area contributed by atoms with Crippen LogP contribution in [0.4, 0.5) is 0 Å². The van der Waals surface area contributed by atoms with Gasteiger partial charge in [0.25, 0.3) is 0 Å². The summed E-state index contributed by atoms with van der Waals surface area (Å²) in [7, 11) is 0. The second-order valence-corrected chi connectivity index (χ2v) is 5.18. The summed E-state index contributed by atoms with van der Waals surface area (Å²) < 4.78 is 0. The number of nitrogens with two attached hydrogens (primary N) is 1. The molecule has 4 nitrogen and oxygen atoms in total. The van der Waals surface area contributed by atoms with Crippen LogP contribution < -0.4 is 11.1 Å². The lowest BCUT2D eigenvalue weighted by Crippen LogP contribution is -2.39. The van der Waals surface area contributed by atoms with Crippen molar-refractivity contribution < 1.29 is 9.90 Å². The molecule has 4 heteroatoms. The number of amides is 1. The molecule has 0 heterocycles. The predicted molar refractivity (Wildman–Crippen MR) is 61.6 cm³/mol. The standard InChI is InChI=1S/C12H22N2O2/c13-6-9-2-1-3-10(9)12(16)14-7-11(15)8-4-5-8/h8-11,15H,1-7,13H2,(H,14,16). The van der Waals surface area contributed by atoms with Crippen LogP contribution in [-0.4, -0.2) is 30.2 Å². The molecule has 2 saturated carbocycles. The molecule has 0 aromatic heterocycles. The van der Waals surface area contributed by atoms with Crippen molar-refractivity contribution in [3.8, 4) is 0 Å². The molecule has 16 heavy (non-hydrogen) atoms. The molecular formula is C12H22N2O2. The highest BCUT2D eigenvalue weighted by molar-refractivity contribution is 5.79. The average molecular weight is 226 g/mol. The Morgan fingerprint density at radius 3 is 2.75 bits per heavy atom. The SMILES string of the molecule is NCC1CCCC1C(=O)NCC(O)C1CC1. The van der Waals surface area contributed by atoms with E-state index < -0.39 is 0 Å². The monoisotopic (exact) mass is 226 g/mol. The number of hydrogen-bond acceptors (Lipinski definition) is 3. The highest BCUT2D eigenvalue weighted by Gasteiger charge is 2.33. The molecule has 0 aromatic rings. The fourth-order valence-electron chi connectivity index (χ4n) is 2.65. The van der Waals surface area contributed by atoms with Crippen molar-refractivity contribution in [3.05, 3.63) is 0 Å². The number of rotatable bonds is 5. The second kappa shape index (κ2) is 5.15. The first kappa shape index (κ1) is 11.9. The Morgan fingerprint density at radius 2 is 2.12 bits per heavy atom. The van der Waals surface area contributed by atoms with Crippen molar-refractivity contribution in [3.63, 3.8) is 0 Å². The first-order valence-electron chi connectivity index (χ1n) is 6.38. The molecule has 0 aromatic carbocycles. The molecule has 0 radical (unpaired) electrons. The number of carbonyl (C=O) groups excluding carboxylic acids is 1. The smallest absolute Gasteiger partial charge is 0.223 e. The van der Waals surface area contributed by atoms with Crippen LogP contribution in [0.1, 0.15) is 32.1 Å². The van der Waals surface area contributed by atoms with Gasteiger partial charge in [0.1, 0.15) is 0 Å². The molecule has 0 spiro atoms. The van der Waals surface area contributed by atoms with Gasteiger partial charge in [-0.05, 0) is 44.1 Å². The summed E-state index contributed by atoms with van der Waals surface area (Å²) in [5.41, 5.74) is 5.65. The van der Waals surface area contributed by atoms with Crippen molar-refractivity contribution >= 4 is 5.91 Å². The lowest BCUT2D eigenvalue weighted by molar-refractivity contribution is -0.126. The Balaban J connectivity index is 1.73. The van der Waals surface area contributed by atoms with Gasteiger partial charge < -0.3 is 16.2 Å². The van der Waals surface area contributed by atoms with E-state index in [-0.39, 0.29) is 17.9 Å². The van der Waals surface area contributed by atoms with Crippen LogP contribution in [0.5, 0.6) is 0 Å². The van der Waals surface area contributed by atoms with E-state index in [2.05, 4.69) is 5.32 Å². The zero-order chi connectivity index (χ0) is 11.5. The Bertz CT molecular complexity index is 253. The molecule has 1 amide bonds. The molecule has 2 rings (SSSR count). The third kappa shape index (κ3) is 2.74. The summed E-state index contributed by atoms with van der Waals surface area (Å²) >= 11 is 0. The average Bonchev–Trinajstić information content (AvgIpc) is 3.03. The highest BCUT2D eigenvalue weighted by Crippen LogP contribution is 2.33. The van der Waals surface area contributed by atoms with Gasteiger partial charge in [0.05, 0.1) is 6.10 Å². The molecule has 92 valence electrons. The largest absolute Gasteiger partial charge is 0.391 e. The fraction of sp³-hybridized carbons (Fsp3) is 0.917. The van der Waals surface area contributed by atoms with Gasteiger partial charge in [-0.15, -0.1) is 0 Å². The lowest BCUT2D eigenvalue weighted by Gasteiger charge is -2.18. The zero-order valence-corrected chi connectivity index (χ0v) is 9.69. The van der Waals surface area contributed by atoms with E-state index in [0.717, 1.165) is 32.1 Å². The Hall–Kier alpha value is -0.610. The lowest BCUT2D eigenvalue weighted by atomic mass is 9.95. The van der Waals surface area contributed by atoms with E-state index in [1.807, 2.05) is 0 Å². The van der Waals surface area contributed by atoms with Gasteiger partial charge in [0.15, 0.2) is 0 Å². The van der Waals surface area contributed by atoms with Crippen LogP contribution in [0, 0.1) is 17.8 Å². The first-order valence-corrected chi connectivity index (χ1v) is 6.38. The van der Waals surface area contributed by atoms with Crippen molar-refractivity contribution in [2.45, 2.75) is 38.2 Å². The third-order valence-corrected chi connectivity index (χ3v) is 3.95. The van der Waals surface area contributed by atoms with Gasteiger partial charge in [0.2, 0.25) is 5.91 Å². The zero-order valence-electron chi connectivity index (χ0n) is 9.69. The molecule has 2 aliphatic rings. The van der Waals surface area contributed by atoms with E-state index in [4.69, 9.17) is 5.73 Å². The second-order valence-electron chi connectivity index (χ2n) is 5.18. The van der Waals surface area contributed by atoms with E-state index >= 15 is 0 Å². The normalized spacial score (nSPS) is 31.4. The number of carbonyl (C=O) groups is 1. The van der Waals surface area contributed by atoms with Crippen molar-refractivity contribution in [2.75, 3.05) is 13.1 Å². The van der Waals surface area contributed by atoms with Crippen LogP contribution in [0.25, 0.3) is 0 Å². The van der Waals surface area contributed by atoms with Crippen molar-refractivity contribution in [1.82, 2.24) is 5.32 Å². The molecule has 0 aliphatic heterocycles. The number of nitrogens with one attached hydrogen (secondary N) is 1. The maximum absolute atomic E-state index is 11.9. The molecule has 3 atom stereocenters. The minimum absolute atomic E-state index is 0.0800. The van der Waals surface area contributed by atoms with Gasteiger partial charge in [-0.2, -0.15) is 0 Å². The molecular weight excluding hydrogens is 204 g/mol. The predicted octanol–water partition coefficient (Wildman–Crippen LogP) is 0.249. The molecule has 0 bridgehead atoms. The van der Waals surface area contributed by atoms with Crippen molar-refractivity contribution in [2.24, 2.45) is 23.5 Å².